The first kappa shape index (κ1) is 17.4. The third-order valence-corrected chi connectivity index (χ3v) is 7.62. The lowest BCUT2D eigenvalue weighted by molar-refractivity contribution is -0.136. The van der Waals surface area contributed by atoms with Crippen LogP contribution in [-0.2, 0) is 21.3 Å². The molecule has 4 rings (SSSR count). The Labute approximate surface area is 148 Å². The van der Waals surface area contributed by atoms with E-state index in [9.17, 15) is 12.8 Å². The van der Waals surface area contributed by atoms with Crippen LogP contribution in [0.15, 0.2) is 24.3 Å². The number of sulfonamides is 1. The predicted molar refractivity (Wildman–Crippen MR) is 93.0 cm³/mol. The van der Waals surface area contributed by atoms with Gasteiger partial charge in [-0.25, -0.2) is 17.5 Å². The fourth-order valence-electron chi connectivity index (χ4n) is 4.08. The van der Waals surface area contributed by atoms with E-state index >= 15 is 0 Å². The molecule has 7 heteroatoms. The summed E-state index contributed by atoms with van der Waals surface area (Å²) in [5.41, 5.74) is 0.980. The van der Waals surface area contributed by atoms with Crippen LogP contribution in [0.25, 0.3) is 0 Å². The van der Waals surface area contributed by atoms with Crippen molar-refractivity contribution in [1.29, 1.82) is 0 Å². The van der Waals surface area contributed by atoms with E-state index in [-0.39, 0.29) is 16.7 Å². The van der Waals surface area contributed by atoms with Gasteiger partial charge in [-0.1, -0.05) is 12.1 Å². The topological polar surface area (TPSA) is 58.6 Å². The second kappa shape index (κ2) is 6.61. The van der Waals surface area contributed by atoms with Crippen molar-refractivity contribution in [3.05, 3.63) is 35.6 Å². The summed E-state index contributed by atoms with van der Waals surface area (Å²) >= 11 is 0. The van der Waals surface area contributed by atoms with Crippen LogP contribution in [0.5, 0.6) is 0 Å². The molecule has 0 unspecified atom stereocenters. The molecule has 138 valence electrons. The Morgan fingerprint density at radius 1 is 1.20 bits per heavy atom. The van der Waals surface area contributed by atoms with Crippen molar-refractivity contribution >= 4 is 10.0 Å². The van der Waals surface area contributed by atoms with Gasteiger partial charge in [0.05, 0.1) is 10.9 Å². The number of ether oxygens (including phenoxy) is 1. The van der Waals surface area contributed by atoms with E-state index in [2.05, 4.69) is 9.62 Å². The smallest absolute Gasteiger partial charge is 0.214 e. The highest BCUT2D eigenvalue weighted by atomic mass is 32.2. The van der Waals surface area contributed by atoms with E-state index < -0.39 is 10.0 Å². The Kier molecular flexibility index (Phi) is 4.60. The van der Waals surface area contributed by atoms with Crippen LogP contribution in [0.1, 0.15) is 31.2 Å². The van der Waals surface area contributed by atoms with Gasteiger partial charge in [0.2, 0.25) is 10.0 Å². The molecule has 1 atom stereocenters. The van der Waals surface area contributed by atoms with Gasteiger partial charge in [0.15, 0.2) is 0 Å². The molecule has 1 N–H and O–H groups in total. The maximum Gasteiger partial charge on any atom is 0.214 e. The minimum absolute atomic E-state index is 0.120. The van der Waals surface area contributed by atoms with Gasteiger partial charge in [0.1, 0.15) is 5.82 Å². The number of nitrogens with one attached hydrogen (secondary N) is 1. The summed E-state index contributed by atoms with van der Waals surface area (Å²) in [6.45, 7) is 3.79. The summed E-state index contributed by atoms with van der Waals surface area (Å²) in [7, 11) is -3.09. The monoisotopic (exact) mass is 368 g/mol. The maximum atomic E-state index is 13.0. The molecule has 2 aliphatic heterocycles. The van der Waals surface area contributed by atoms with Crippen LogP contribution in [0, 0.1) is 11.7 Å². The number of halogens is 1. The maximum absolute atomic E-state index is 13.0. The highest BCUT2D eigenvalue weighted by molar-refractivity contribution is 7.90. The van der Waals surface area contributed by atoms with Gasteiger partial charge in [-0.05, 0) is 49.3 Å². The zero-order chi connectivity index (χ0) is 17.5. The minimum atomic E-state index is -3.09. The molecule has 3 fully saturated rings. The first-order valence-corrected chi connectivity index (χ1v) is 10.6. The Balaban J connectivity index is 1.26. The minimum Gasteiger partial charge on any atom is -0.372 e. The molecule has 1 spiro atoms. The lowest BCUT2D eigenvalue weighted by atomic mass is 9.79. The van der Waals surface area contributed by atoms with Gasteiger partial charge in [0, 0.05) is 32.8 Å². The molecule has 25 heavy (non-hydrogen) atoms. The second-order valence-electron chi connectivity index (χ2n) is 7.60. The van der Waals surface area contributed by atoms with E-state index in [0.29, 0.717) is 12.5 Å². The average Bonchev–Trinajstić information content (AvgIpc) is 3.32. The second-order valence-corrected chi connectivity index (χ2v) is 9.64. The van der Waals surface area contributed by atoms with Crippen molar-refractivity contribution in [3.63, 3.8) is 0 Å². The Morgan fingerprint density at radius 3 is 2.60 bits per heavy atom. The molecule has 0 aromatic heterocycles. The summed E-state index contributed by atoms with van der Waals surface area (Å²) in [6.07, 6.45) is 3.42. The average molecular weight is 368 g/mol. The highest BCUT2D eigenvalue weighted by Crippen LogP contribution is 2.42. The van der Waals surface area contributed by atoms with Gasteiger partial charge in [-0.3, -0.25) is 4.90 Å². The molecule has 1 saturated carbocycles. The van der Waals surface area contributed by atoms with E-state index in [1.807, 2.05) is 12.1 Å². The lowest BCUT2D eigenvalue weighted by Gasteiger charge is -2.50. The zero-order valence-corrected chi connectivity index (χ0v) is 15.1. The first-order valence-electron chi connectivity index (χ1n) is 9.06. The lowest BCUT2D eigenvalue weighted by Crippen LogP contribution is -2.64. The molecule has 5 nitrogen and oxygen atoms in total. The van der Waals surface area contributed by atoms with Crippen LogP contribution < -0.4 is 4.72 Å². The predicted octanol–water partition coefficient (Wildman–Crippen LogP) is 1.89. The number of hydrogen-bond donors (Lipinski definition) is 1. The molecule has 1 aromatic carbocycles. The SMILES string of the molecule is O=S(=O)(NCC[C@@H]1CCOC12CN(Cc1ccc(F)cc1)C2)C1CC1. The molecule has 0 bridgehead atoms. The molecule has 1 aromatic rings. The summed E-state index contributed by atoms with van der Waals surface area (Å²) < 4.78 is 45.6. The molecular formula is C18H25FN2O3S. The largest absolute Gasteiger partial charge is 0.372 e. The molecule has 0 radical (unpaired) electrons. The van der Waals surface area contributed by atoms with Crippen LogP contribution >= 0.6 is 0 Å². The Bertz CT molecular complexity index is 712. The molecule has 3 aliphatic rings. The molecule has 1 aliphatic carbocycles. The van der Waals surface area contributed by atoms with Crippen molar-refractivity contribution in [2.45, 2.75) is 43.1 Å². The van der Waals surface area contributed by atoms with Gasteiger partial charge >= 0.3 is 0 Å². The quantitative estimate of drug-likeness (QED) is 0.799. The van der Waals surface area contributed by atoms with Crippen LogP contribution in [0.3, 0.4) is 0 Å². The molecule has 2 heterocycles. The van der Waals surface area contributed by atoms with Crippen molar-refractivity contribution in [1.82, 2.24) is 9.62 Å². The normalized spacial score (nSPS) is 26.0. The fourth-order valence-corrected chi connectivity index (χ4v) is 5.48. The van der Waals surface area contributed by atoms with E-state index in [1.54, 1.807) is 0 Å². The van der Waals surface area contributed by atoms with Crippen molar-refractivity contribution < 1.29 is 17.5 Å². The van der Waals surface area contributed by atoms with Gasteiger partial charge in [-0.2, -0.15) is 0 Å². The zero-order valence-electron chi connectivity index (χ0n) is 14.3. The van der Waals surface area contributed by atoms with Crippen LogP contribution in [-0.4, -0.2) is 50.4 Å². The standard InChI is InChI=1S/C18H25FN2O3S/c19-16-3-1-14(2-4-16)11-21-12-18(13-21)15(8-10-24-18)7-9-20-25(22,23)17-5-6-17/h1-4,15,17,20H,5-13H2/t15-/m1/s1. The van der Waals surface area contributed by atoms with Crippen LogP contribution in [0.2, 0.25) is 0 Å². The first-order chi connectivity index (χ1) is 12.0. The molecule has 2 saturated heterocycles. The van der Waals surface area contributed by atoms with E-state index in [4.69, 9.17) is 4.74 Å². The molecular weight excluding hydrogens is 343 g/mol. The summed E-state index contributed by atoms with van der Waals surface area (Å²) in [5.74, 6) is 0.190. The number of nitrogens with zero attached hydrogens (tertiary/aromatic N) is 1. The van der Waals surface area contributed by atoms with Crippen LogP contribution in [0.4, 0.5) is 4.39 Å². The van der Waals surface area contributed by atoms with E-state index in [0.717, 1.165) is 57.5 Å². The van der Waals surface area contributed by atoms with Crippen molar-refractivity contribution in [2.24, 2.45) is 5.92 Å². The van der Waals surface area contributed by atoms with Crippen molar-refractivity contribution in [3.8, 4) is 0 Å². The number of hydrogen-bond acceptors (Lipinski definition) is 4. The van der Waals surface area contributed by atoms with Gasteiger partial charge < -0.3 is 4.74 Å². The number of benzene rings is 1. The van der Waals surface area contributed by atoms with Gasteiger partial charge in [-0.15, -0.1) is 0 Å². The van der Waals surface area contributed by atoms with E-state index in [1.165, 1.54) is 12.1 Å². The summed E-state index contributed by atoms with van der Waals surface area (Å²) in [5, 5.41) is -0.156. The third kappa shape index (κ3) is 3.74. The summed E-state index contributed by atoms with van der Waals surface area (Å²) in [4.78, 5) is 2.31. The summed E-state index contributed by atoms with van der Waals surface area (Å²) in [6, 6.07) is 6.62. The fraction of sp³-hybridized carbons (Fsp3) is 0.667. The Hall–Kier alpha value is -1.02. The van der Waals surface area contributed by atoms with Crippen molar-refractivity contribution in [2.75, 3.05) is 26.2 Å². The number of likely N-dealkylation sites (tertiary alicyclic amines) is 1. The number of rotatable bonds is 7. The Morgan fingerprint density at radius 2 is 1.92 bits per heavy atom. The van der Waals surface area contributed by atoms with Gasteiger partial charge in [0.25, 0.3) is 0 Å². The highest BCUT2D eigenvalue weighted by Gasteiger charge is 2.52. The molecule has 0 amide bonds. The third-order valence-electron chi connectivity index (χ3n) is 5.66.